The number of hydrogen-bond donors (Lipinski definition) is 2. The van der Waals surface area contributed by atoms with Crippen LogP contribution in [0.1, 0.15) is 11.4 Å². The van der Waals surface area contributed by atoms with Crippen LogP contribution in [0.3, 0.4) is 0 Å². The number of halogens is 4. The molecule has 2 amide bonds. The van der Waals surface area contributed by atoms with Crippen LogP contribution in [-0.2, 0) is 22.3 Å². The Labute approximate surface area is 230 Å². The average molecular weight is 576 g/mol. The molecule has 3 aromatic carbocycles. The van der Waals surface area contributed by atoms with Crippen LogP contribution in [0.15, 0.2) is 84.0 Å². The molecule has 13 heteroatoms. The van der Waals surface area contributed by atoms with Crippen LogP contribution in [0.5, 0.6) is 5.75 Å². The summed E-state index contributed by atoms with van der Waals surface area (Å²) in [5.74, 6) is -0.180. The van der Waals surface area contributed by atoms with E-state index in [4.69, 9.17) is 16.3 Å². The fourth-order valence-corrected chi connectivity index (χ4v) is 4.29. The molecule has 1 heterocycles. The maximum Gasteiger partial charge on any atom is 0.416 e. The highest BCUT2D eigenvalue weighted by Crippen LogP contribution is 2.34. The van der Waals surface area contributed by atoms with Gasteiger partial charge in [-0.25, -0.2) is 0 Å². The Morgan fingerprint density at radius 2 is 1.64 bits per heavy atom. The third-order valence-electron chi connectivity index (χ3n) is 5.17. The van der Waals surface area contributed by atoms with Crippen molar-refractivity contribution in [2.24, 2.45) is 0 Å². The average Bonchev–Trinajstić information content (AvgIpc) is 3.34. The van der Waals surface area contributed by atoms with Crippen LogP contribution >= 0.6 is 23.4 Å². The largest absolute Gasteiger partial charge is 0.484 e. The van der Waals surface area contributed by atoms with Crippen LogP contribution in [0.2, 0.25) is 5.02 Å². The fraction of sp³-hybridized carbons (Fsp3) is 0.154. The van der Waals surface area contributed by atoms with Crippen molar-refractivity contribution in [3.8, 4) is 11.4 Å². The SMILES string of the molecule is O=C(COc1ccccc1)NCc1nnc(SCC(=O)Nc2cc(C(F)(F)F)ccc2Cl)n1-c1ccccc1. The number of para-hydroxylation sites is 2. The quantitative estimate of drug-likeness (QED) is 0.247. The Kier molecular flexibility index (Phi) is 9.10. The number of rotatable bonds is 10. The summed E-state index contributed by atoms with van der Waals surface area (Å²) in [5, 5.41) is 13.8. The standard InChI is InChI=1S/C26H21ClF3N5O3S/c27-20-12-11-17(26(28,29)30)13-21(20)32-24(37)16-39-25-34-33-22(35(25)18-7-3-1-4-8-18)14-31-23(36)15-38-19-9-5-2-6-10-19/h1-13H,14-16H2,(H,31,36)(H,32,37). The summed E-state index contributed by atoms with van der Waals surface area (Å²) in [5.41, 5.74) is -0.390. The van der Waals surface area contributed by atoms with Gasteiger partial charge in [0.15, 0.2) is 17.6 Å². The molecule has 4 rings (SSSR count). The first-order valence-corrected chi connectivity index (χ1v) is 12.8. The normalized spacial score (nSPS) is 11.2. The van der Waals surface area contributed by atoms with Crippen LogP contribution in [0, 0.1) is 0 Å². The third-order valence-corrected chi connectivity index (χ3v) is 6.43. The highest BCUT2D eigenvalue weighted by molar-refractivity contribution is 7.99. The van der Waals surface area contributed by atoms with Gasteiger partial charge in [0.05, 0.1) is 28.6 Å². The smallest absolute Gasteiger partial charge is 0.416 e. The highest BCUT2D eigenvalue weighted by Gasteiger charge is 2.31. The lowest BCUT2D eigenvalue weighted by molar-refractivity contribution is -0.137. The molecule has 0 fully saturated rings. The summed E-state index contributed by atoms with van der Waals surface area (Å²) in [7, 11) is 0. The van der Waals surface area contributed by atoms with Crippen molar-refractivity contribution >= 4 is 40.9 Å². The molecule has 0 aliphatic heterocycles. The van der Waals surface area contributed by atoms with Gasteiger partial charge in [0.25, 0.3) is 5.91 Å². The molecule has 0 spiro atoms. The number of benzene rings is 3. The van der Waals surface area contributed by atoms with Gasteiger partial charge < -0.3 is 15.4 Å². The first kappa shape index (κ1) is 28.0. The van der Waals surface area contributed by atoms with Gasteiger partial charge in [-0.05, 0) is 42.5 Å². The molecule has 4 aromatic rings. The molecule has 0 radical (unpaired) electrons. The molecule has 0 bridgehead atoms. The van der Waals surface area contributed by atoms with Gasteiger partial charge in [-0.15, -0.1) is 10.2 Å². The number of thioether (sulfide) groups is 1. The van der Waals surface area contributed by atoms with E-state index in [0.29, 0.717) is 22.4 Å². The molecule has 2 N–H and O–H groups in total. The van der Waals surface area contributed by atoms with Crippen LogP contribution in [-0.4, -0.2) is 38.9 Å². The topological polar surface area (TPSA) is 98.1 Å². The fourth-order valence-electron chi connectivity index (χ4n) is 3.35. The summed E-state index contributed by atoms with van der Waals surface area (Å²) in [6.07, 6.45) is -4.58. The lowest BCUT2D eigenvalue weighted by Crippen LogP contribution is -2.29. The number of alkyl halides is 3. The number of nitrogens with one attached hydrogen (secondary N) is 2. The molecular formula is C26H21ClF3N5O3S. The number of nitrogens with zero attached hydrogens (tertiary/aromatic N) is 3. The second kappa shape index (κ2) is 12.7. The number of carbonyl (C=O) groups excluding carboxylic acids is 2. The number of aromatic nitrogens is 3. The van der Waals surface area contributed by atoms with Crippen LogP contribution in [0.4, 0.5) is 18.9 Å². The minimum atomic E-state index is -4.58. The number of anilines is 1. The minimum Gasteiger partial charge on any atom is -0.484 e. The molecule has 202 valence electrons. The van der Waals surface area contributed by atoms with E-state index in [9.17, 15) is 22.8 Å². The van der Waals surface area contributed by atoms with Crippen LogP contribution in [0.25, 0.3) is 5.69 Å². The van der Waals surface area contributed by atoms with Crippen molar-refractivity contribution < 1.29 is 27.5 Å². The van der Waals surface area contributed by atoms with Crippen molar-refractivity contribution in [1.29, 1.82) is 0 Å². The molecular weight excluding hydrogens is 555 g/mol. The first-order chi connectivity index (χ1) is 18.7. The van der Waals surface area contributed by atoms with E-state index in [0.717, 1.165) is 30.0 Å². The highest BCUT2D eigenvalue weighted by atomic mass is 35.5. The molecule has 0 aliphatic rings. The second-order valence-electron chi connectivity index (χ2n) is 7.98. The van der Waals surface area contributed by atoms with Crippen molar-refractivity contribution in [2.45, 2.75) is 17.9 Å². The first-order valence-electron chi connectivity index (χ1n) is 11.4. The second-order valence-corrected chi connectivity index (χ2v) is 9.33. The number of amides is 2. The number of carbonyl (C=O) groups is 2. The van der Waals surface area contributed by atoms with Gasteiger partial charge in [-0.3, -0.25) is 14.2 Å². The van der Waals surface area contributed by atoms with Gasteiger partial charge in [-0.1, -0.05) is 59.8 Å². The van der Waals surface area contributed by atoms with Crippen molar-refractivity contribution in [3.63, 3.8) is 0 Å². The maximum atomic E-state index is 13.0. The van der Waals surface area contributed by atoms with Gasteiger partial charge in [0, 0.05) is 5.69 Å². The Balaban J connectivity index is 1.42. The van der Waals surface area contributed by atoms with E-state index in [1.54, 1.807) is 41.0 Å². The number of ether oxygens (including phenoxy) is 1. The third kappa shape index (κ3) is 7.74. The molecule has 39 heavy (non-hydrogen) atoms. The van der Waals surface area contributed by atoms with Gasteiger partial charge in [-0.2, -0.15) is 13.2 Å². The monoisotopic (exact) mass is 575 g/mol. The minimum absolute atomic E-state index is 0.0249. The molecule has 0 aliphatic carbocycles. The summed E-state index contributed by atoms with van der Waals surface area (Å²) >= 11 is 7.00. The summed E-state index contributed by atoms with van der Waals surface area (Å²) < 4.78 is 46.2. The molecule has 0 saturated carbocycles. The zero-order valence-corrected chi connectivity index (χ0v) is 21.7. The van der Waals surface area contributed by atoms with Crippen molar-refractivity contribution in [3.05, 3.63) is 95.3 Å². The maximum absolute atomic E-state index is 13.0. The van der Waals surface area contributed by atoms with Gasteiger partial charge in [0.2, 0.25) is 5.91 Å². The summed E-state index contributed by atoms with van der Waals surface area (Å²) in [6.45, 7) is -0.158. The lowest BCUT2D eigenvalue weighted by atomic mass is 10.2. The zero-order chi connectivity index (χ0) is 27.8. The van der Waals surface area contributed by atoms with Gasteiger partial charge in [0.1, 0.15) is 5.75 Å². The van der Waals surface area contributed by atoms with E-state index >= 15 is 0 Å². The van der Waals surface area contributed by atoms with E-state index in [-0.39, 0.29) is 35.5 Å². The summed E-state index contributed by atoms with van der Waals surface area (Å²) in [6, 6.07) is 20.6. The Bertz CT molecular complexity index is 1440. The lowest BCUT2D eigenvalue weighted by Gasteiger charge is -2.12. The van der Waals surface area contributed by atoms with E-state index < -0.39 is 17.6 Å². The van der Waals surface area contributed by atoms with Crippen molar-refractivity contribution in [2.75, 3.05) is 17.7 Å². The van der Waals surface area contributed by atoms with Crippen LogP contribution < -0.4 is 15.4 Å². The Hall–Kier alpha value is -4.03. The molecule has 1 aromatic heterocycles. The molecule has 0 atom stereocenters. The molecule has 0 saturated heterocycles. The molecule has 0 unspecified atom stereocenters. The summed E-state index contributed by atoms with van der Waals surface area (Å²) in [4.78, 5) is 24.9. The predicted octanol–water partition coefficient (Wildman–Crippen LogP) is 5.37. The van der Waals surface area contributed by atoms with E-state index in [2.05, 4.69) is 20.8 Å². The van der Waals surface area contributed by atoms with Crippen molar-refractivity contribution in [1.82, 2.24) is 20.1 Å². The Morgan fingerprint density at radius 3 is 2.33 bits per heavy atom. The van der Waals surface area contributed by atoms with E-state index in [1.807, 2.05) is 24.3 Å². The Morgan fingerprint density at radius 1 is 0.949 bits per heavy atom. The van der Waals surface area contributed by atoms with Gasteiger partial charge >= 0.3 is 6.18 Å². The number of hydrogen-bond acceptors (Lipinski definition) is 6. The molecule has 8 nitrogen and oxygen atoms in total. The predicted molar refractivity (Wildman–Crippen MR) is 141 cm³/mol. The zero-order valence-electron chi connectivity index (χ0n) is 20.1. The van der Waals surface area contributed by atoms with E-state index in [1.165, 1.54) is 0 Å².